The average molecular weight is 333 g/mol. The van der Waals surface area contributed by atoms with Gasteiger partial charge < -0.3 is 10.1 Å². The van der Waals surface area contributed by atoms with Crippen LogP contribution in [0, 0.1) is 0 Å². The number of hydrogen-bond donors (Lipinski definition) is 1. The summed E-state index contributed by atoms with van der Waals surface area (Å²) in [7, 11) is 0. The van der Waals surface area contributed by atoms with Crippen molar-refractivity contribution in [2.24, 2.45) is 0 Å². The van der Waals surface area contributed by atoms with Crippen molar-refractivity contribution in [3.05, 3.63) is 30.1 Å². The molecule has 6 heteroatoms. The van der Waals surface area contributed by atoms with E-state index in [2.05, 4.69) is 10.3 Å². The Morgan fingerprint density at radius 2 is 2.08 bits per heavy atom. The van der Waals surface area contributed by atoms with Crippen molar-refractivity contribution in [2.75, 3.05) is 6.54 Å². The first-order valence-corrected chi connectivity index (χ1v) is 8.49. The Kier molecular flexibility index (Phi) is 5.80. The molecule has 24 heavy (non-hydrogen) atoms. The van der Waals surface area contributed by atoms with Crippen LogP contribution in [0.1, 0.15) is 58.7 Å². The van der Waals surface area contributed by atoms with Gasteiger partial charge in [0.1, 0.15) is 11.6 Å². The molecule has 1 aromatic heterocycles. The molecule has 1 fully saturated rings. The number of rotatable bonds is 3. The lowest BCUT2D eigenvalue weighted by molar-refractivity contribution is -0.128. The smallest absolute Gasteiger partial charge is 0.410 e. The summed E-state index contributed by atoms with van der Waals surface area (Å²) in [6.07, 6.45) is 3.74. The summed E-state index contributed by atoms with van der Waals surface area (Å²) in [5.41, 5.74) is 0.224. The summed E-state index contributed by atoms with van der Waals surface area (Å²) in [4.78, 5) is 30.9. The topological polar surface area (TPSA) is 71.5 Å². The van der Waals surface area contributed by atoms with Crippen molar-refractivity contribution in [1.29, 1.82) is 0 Å². The van der Waals surface area contributed by atoms with Gasteiger partial charge >= 0.3 is 6.09 Å². The van der Waals surface area contributed by atoms with Crippen LogP contribution in [0.2, 0.25) is 0 Å². The number of nitrogens with one attached hydrogen (secondary N) is 1. The summed E-state index contributed by atoms with van der Waals surface area (Å²) in [6.45, 7) is 7.92. The number of carbonyl (C=O) groups excluding carboxylic acids is 2. The number of ether oxygens (including phenoxy) is 1. The summed E-state index contributed by atoms with van der Waals surface area (Å²) in [5.74, 6) is -0.154. The lowest BCUT2D eigenvalue weighted by atomic mass is 10.0. The first kappa shape index (κ1) is 18.2. The highest BCUT2D eigenvalue weighted by molar-refractivity contribution is 5.86. The molecule has 0 aromatic carbocycles. The van der Waals surface area contributed by atoms with Crippen LogP contribution in [0.3, 0.4) is 0 Å². The molecule has 2 rings (SSSR count). The maximum atomic E-state index is 12.7. The standard InChI is InChI=1S/C18H27N3O3/c1-13(14-9-5-7-11-19-14)20-16(22)15-10-6-8-12-21(15)17(23)24-18(2,3)4/h5,7,9,11,13,15H,6,8,10,12H2,1-4H3,(H,20,22)/t13?,15-/m1/s1. The number of piperidine rings is 1. The molecular formula is C18H27N3O3. The predicted molar refractivity (Wildman–Crippen MR) is 91.4 cm³/mol. The zero-order valence-electron chi connectivity index (χ0n) is 14.9. The highest BCUT2D eigenvalue weighted by atomic mass is 16.6. The molecule has 0 saturated carbocycles. The second-order valence-electron chi connectivity index (χ2n) is 7.17. The van der Waals surface area contributed by atoms with E-state index >= 15 is 0 Å². The minimum absolute atomic E-state index is 0.154. The highest BCUT2D eigenvalue weighted by Gasteiger charge is 2.35. The van der Waals surface area contributed by atoms with Gasteiger partial charge in [-0.3, -0.25) is 14.7 Å². The third-order valence-electron chi connectivity index (χ3n) is 3.92. The fraction of sp³-hybridized carbons (Fsp3) is 0.611. The van der Waals surface area contributed by atoms with Crippen LogP contribution in [-0.2, 0) is 9.53 Å². The van der Waals surface area contributed by atoms with Gasteiger partial charge in [0.2, 0.25) is 5.91 Å². The fourth-order valence-electron chi connectivity index (χ4n) is 2.76. The first-order valence-electron chi connectivity index (χ1n) is 8.49. The molecule has 1 unspecified atom stereocenters. The molecule has 132 valence electrons. The molecule has 1 N–H and O–H groups in total. The van der Waals surface area contributed by atoms with Gasteiger partial charge in [-0.1, -0.05) is 6.07 Å². The third-order valence-corrected chi connectivity index (χ3v) is 3.92. The molecule has 0 radical (unpaired) electrons. The van der Waals surface area contributed by atoms with Crippen molar-refractivity contribution in [1.82, 2.24) is 15.2 Å². The molecule has 2 heterocycles. The van der Waals surface area contributed by atoms with Gasteiger partial charge in [0.25, 0.3) is 0 Å². The Morgan fingerprint density at radius 1 is 1.33 bits per heavy atom. The quantitative estimate of drug-likeness (QED) is 0.923. The van der Waals surface area contributed by atoms with Gasteiger partial charge in [-0.2, -0.15) is 0 Å². The summed E-state index contributed by atoms with van der Waals surface area (Å²) < 4.78 is 5.44. The zero-order chi connectivity index (χ0) is 17.7. The number of likely N-dealkylation sites (tertiary alicyclic amines) is 1. The molecule has 6 nitrogen and oxygen atoms in total. The number of pyridine rings is 1. The van der Waals surface area contributed by atoms with E-state index in [0.29, 0.717) is 13.0 Å². The second-order valence-corrected chi connectivity index (χ2v) is 7.17. The van der Waals surface area contributed by atoms with E-state index in [0.717, 1.165) is 18.5 Å². The van der Waals surface area contributed by atoms with Gasteiger partial charge in [-0.05, 0) is 59.1 Å². The SMILES string of the molecule is CC(NC(=O)[C@H]1CCCCN1C(=O)OC(C)(C)C)c1ccccn1. The zero-order valence-corrected chi connectivity index (χ0v) is 14.9. The van der Waals surface area contributed by atoms with Crippen LogP contribution in [0.15, 0.2) is 24.4 Å². The van der Waals surface area contributed by atoms with E-state index in [1.165, 1.54) is 0 Å². The number of nitrogens with zero attached hydrogens (tertiary/aromatic N) is 2. The Bertz CT molecular complexity index is 569. The Balaban J connectivity index is 2.03. The number of aromatic nitrogens is 1. The Morgan fingerprint density at radius 3 is 2.71 bits per heavy atom. The van der Waals surface area contributed by atoms with E-state index in [9.17, 15) is 9.59 Å². The number of carbonyl (C=O) groups is 2. The lowest BCUT2D eigenvalue weighted by Crippen LogP contribution is -2.53. The van der Waals surface area contributed by atoms with Gasteiger partial charge in [0.15, 0.2) is 0 Å². The van der Waals surface area contributed by atoms with Crippen LogP contribution >= 0.6 is 0 Å². The van der Waals surface area contributed by atoms with Crippen LogP contribution in [-0.4, -0.2) is 40.1 Å². The molecule has 0 bridgehead atoms. The van der Waals surface area contributed by atoms with E-state index in [4.69, 9.17) is 4.74 Å². The number of hydrogen-bond acceptors (Lipinski definition) is 4. The molecule has 0 spiro atoms. The first-order chi connectivity index (χ1) is 11.3. The van der Waals surface area contributed by atoms with Crippen molar-refractivity contribution in [2.45, 2.75) is 64.6 Å². The Hall–Kier alpha value is -2.11. The fourth-order valence-corrected chi connectivity index (χ4v) is 2.76. The summed E-state index contributed by atoms with van der Waals surface area (Å²) in [5, 5.41) is 2.96. The Labute approximate surface area is 143 Å². The third kappa shape index (κ3) is 4.94. The summed E-state index contributed by atoms with van der Waals surface area (Å²) >= 11 is 0. The van der Waals surface area contributed by atoms with Gasteiger partial charge in [0, 0.05) is 12.7 Å². The minimum atomic E-state index is -0.573. The van der Waals surface area contributed by atoms with Crippen LogP contribution in [0.4, 0.5) is 4.79 Å². The molecule has 2 amide bonds. The van der Waals surface area contributed by atoms with Crippen molar-refractivity contribution >= 4 is 12.0 Å². The van der Waals surface area contributed by atoms with Crippen LogP contribution in [0.25, 0.3) is 0 Å². The molecule has 1 aliphatic rings. The van der Waals surface area contributed by atoms with Crippen molar-refractivity contribution in [3.8, 4) is 0 Å². The van der Waals surface area contributed by atoms with Gasteiger partial charge in [-0.15, -0.1) is 0 Å². The molecular weight excluding hydrogens is 306 g/mol. The van der Waals surface area contributed by atoms with E-state index < -0.39 is 17.7 Å². The maximum Gasteiger partial charge on any atom is 0.410 e. The van der Waals surface area contributed by atoms with Crippen LogP contribution < -0.4 is 5.32 Å². The van der Waals surface area contributed by atoms with Gasteiger partial charge in [-0.25, -0.2) is 4.79 Å². The van der Waals surface area contributed by atoms with E-state index in [1.807, 2.05) is 45.9 Å². The second kappa shape index (κ2) is 7.64. The molecule has 2 atom stereocenters. The van der Waals surface area contributed by atoms with Crippen molar-refractivity contribution < 1.29 is 14.3 Å². The van der Waals surface area contributed by atoms with Gasteiger partial charge in [0.05, 0.1) is 11.7 Å². The molecule has 1 saturated heterocycles. The van der Waals surface area contributed by atoms with Crippen LogP contribution in [0.5, 0.6) is 0 Å². The monoisotopic (exact) mass is 333 g/mol. The molecule has 0 aliphatic carbocycles. The lowest BCUT2D eigenvalue weighted by Gasteiger charge is -2.36. The molecule has 1 aliphatic heterocycles. The summed E-state index contributed by atoms with van der Waals surface area (Å²) in [6, 6.07) is 4.90. The average Bonchev–Trinajstić information content (AvgIpc) is 2.54. The maximum absolute atomic E-state index is 12.7. The minimum Gasteiger partial charge on any atom is -0.444 e. The predicted octanol–water partition coefficient (Wildman–Crippen LogP) is 3.05. The molecule has 1 aromatic rings. The highest BCUT2D eigenvalue weighted by Crippen LogP contribution is 2.21. The normalized spacial score (nSPS) is 19.5. The van der Waals surface area contributed by atoms with Crippen molar-refractivity contribution in [3.63, 3.8) is 0 Å². The van der Waals surface area contributed by atoms with E-state index in [1.54, 1.807) is 11.1 Å². The largest absolute Gasteiger partial charge is 0.444 e. The van der Waals surface area contributed by atoms with E-state index in [-0.39, 0.29) is 11.9 Å². The number of amides is 2.